The van der Waals surface area contributed by atoms with Gasteiger partial charge < -0.3 is 5.11 Å². The van der Waals surface area contributed by atoms with Gasteiger partial charge in [0.25, 0.3) is 0 Å². The number of pyridine rings is 1. The Morgan fingerprint density at radius 1 is 0.508 bits per heavy atom. The number of hydrogen-bond donors (Lipinski definition) is 1. The first kappa shape index (κ1) is 36.8. The number of phenols is 1. The van der Waals surface area contributed by atoms with Crippen molar-refractivity contribution in [1.29, 1.82) is 0 Å². The van der Waals surface area contributed by atoms with E-state index in [4.69, 9.17) is 9.97 Å². The molecule has 0 unspecified atom stereocenters. The van der Waals surface area contributed by atoms with Crippen LogP contribution in [0.4, 0.5) is 0 Å². The average Bonchev–Trinajstić information content (AvgIpc) is 3.82. The highest BCUT2D eigenvalue weighted by Gasteiger charge is 2.26. The molecule has 3 aromatic heterocycles. The molecule has 4 nitrogen and oxygen atoms in total. The third-order valence-electron chi connectivity index (χ3n) is 11.6. The molecule has 10 rings (SSSR count). The maximum Gasteiger partial charge on any atom is 0.149 e. The fourth-order valence-corrected chi connectivity index (χ4v) is 9.72. The van der Waals surface area contributed by atoms with Crippen LogP contribution in [0.5, 0.6) is 5.75 Å². The van der Waals surface area contributed by atoms with E-state index in [0.717, 1.165) is 55.9 Å². The Balaban J connectivity index is 1.31. The molecule has 288 valence electrons. The predicted octanol–water partition coefficient (Wildman–Crippen LogP) is 14.9. The zero-order valence-corrected chi connectivity index (χ0v) is 35.0. The molecule has 0 aliphatic carbocycles. The summed E-state index contributed by atoms with van der Waals surface area (Å²) in [4.78, 5) is 11.1. The van der Waals surface area contributed by atoms with Crippen LogP contribution in [0.15, 0.2) is 158 Å². The van der Waals surface area contributed by atoms with Crippen LogP contribution in [0.25, 0.3) is 92.7 Å². The summed E-state index contributed by atoms with van der Waals surface area (Å²) < 4.78 is 4.68. The Bertz CT molecular complexity index is 3240. The van der Waals surface area contributed by atoms with E-state index in [-0.39, 0.29) is 16.6 Å². The Kier molecular flexibility index (Phi) is 8.59. The molecule has 3 heterocycles. The van der Waals surface area contributed by atoms with Gasteiger partial charge in [0.2, 0.25) is 0 Å². The summed E-state index contributed by atoms with van der Waals surface area (Å²) in [7, 11) is 0. The highest BCUT2D eigenvalue weighted by Crippen LogP contribution is 2.46. The minimum Gasteiger partial charge on any atom is -0.507 e. The smallest absolute Gasteiger partial charge is 0.149 e. The zero-order chi connectivity index (χ0) is 40.6. The quantitative estimate of drug-likeness (QED) is 0.189. The average molecular weight is 784 g/mol. The van der Waals surface area contributed by atoms with Crippen LogP contribution in [0.3, 0.4) is 0 Å². The van der Waals surface area contributed by atoms with Gasteiger partial charge in [0.05, 0.1) is 38.4 Å². The summed E-state index contributed by atoms with van der Waals surface area (Å²) in [6.45, 7) is 13.4. The SMILES string of the molecule is CC(C)(C)c1ccc(O)c(-c2nc3c(-c4cc5c(sc6c7ccccc7ccc56)c(-c5ccccc5)n4)cccc3n2-c2ccc(C(C)(C)C)cc2-c2ccccc2)c1. The van der Waals surface area contributed by atoms with E-state index < -0.39 is 0 Å². The maximum absolute atomic E-state index is 11.7. The minimum atomic E-state index is -0.143. The second kappa shape index (κ2) is 13.8. The van der Waals surface area contributed by atoms with Crippen molar-refractivity contribution in [3.63, 3.8) is 0 Å². The molecule has 0 aliphatic rings. The fourth-order valence-electron chi connectivity index (χ4n) is 8.39. The van der Waals surface area contributed by atoms with Gasteiger partial charge in [0.15, 0.2) is 0 Å². The van der Waals surface area contributed by atoms with Crippen molar-refractivity contribution in [3.8, 4) is 56.5 Å². The number of benzene rings is 7. The third kappa shape index (κ3) is 6.29. The van der Waals surface area contributed by atoms with E-state index in [2.05, 4.69) is 192 Å². The lowest BCUT2D eigenvalue weighted by atomic mass is 9.84. The molecule has 1 N–H and O–H groups in total. The standard InChI is InChI=1S/C54H45N3OS/c1-53(2,3)36-25-28-45(41(30-36)33-16-9-7-10-17-33)57-46-23-15-22-40(49(46)56-52(57)43-31-37(54(4,5)6)26-29-47(43)58)44-32-42-39-27-24-34-18-13-14-21-38(34)50(39)59-51(42)48(55-44)35-19-11-8-12-20-35/h7-32,58H,1-6H3. The second-order valence-corrected chi connectivity index (χ2v) is 18.7. The first-order valence-electron chi connectivity index (χ1n) is 20.3. The van der Waals surface area contributed by atoms with Gasteiger partial charge in [-0.3, -0.25) is 4.57 Å². The van der Waals surface area contributed by atoms with Crippen molar-refractivity contribution in [1.82, 2.24) is 14.5 Å². The fraction of sp³-hybridized carbons (Fsp3) is 0.148. The molecule has 59 heavy (non-hydrogen) atoms. The summed E-state index contributed by atoms with van der Waals surface area (Å²) >= 11 is 1.82. The number of aromatic nitrogens is 3. The first-order chi connectivity index (χ1) is 28.4. The van der Waals surface area contributed by atoms with Crippen LogP contribution >= 0.6 is 11.3 Å². The van der Waals surface area contributed by atoms with Crippen LogP contribution in [-0.2, 0) is 10.8 Å². The molecule has 10 aromatic rings. The van der Waals surface area contributed by atoms with Crippen molar-refractivity contribution in [2.45, 2.75) is 52.4 Å². The molecule has 7 aromatic carbocycles. The van der Waals surface area contributed by atoms with E-state index in [9.17, 15) is 5.11 Å². The van der Waals surface area contributed by atoms with Crippen LogP contribution in [0, 0.1) is 0 Å². The number of fused-ring (bicyclic) bond motifs is 6. The Hall–Kier alpha value is -6.56. The monoisotopic (exact) mass is 783 g/mol. The van der Waals surface area contributed by atoms with Gasteiger partial charge in [-0.2, -0.15) is 0 Å². The molecular formula is C54H45N3OS. The molecule has 0 bridgehead atoms. The summed E-state index contributed by atoms with van der Waals surface area (Å²) in [5, 5.41) is 16.6. The highest BCUT2D eigenvalue weighted by atomic mass is 32.1. The number of thiophene rings is 1. The largest absolute Gasteiger partial charge is 0.507 e. The lowest BCUT2D eigenvalue weighted by Gasteiger charge is -2.23. The number of aromatic hydroxyl groups is 1. The van der Waals surface area contributed by atoms with Gasteiger partial charge in [0.1, 0.15) is 11.6 Å². The minimum absolute atomic E-state index is 0.0622. The number of nitrogens with zero attached hydrogens (tertiary/aromatic N) is 3. The van der Waals surface area contributed by atoms with Crippen molar-refractivity contribution < 1.29 is 5.11 Å². The molecular weight excluding hydrogens is 739 g/mol. The zero-order valence-electron chi connectivity index (χ0n) is 34.2. The molecule has 0 aliphatic heterocycles. The Morgan fingerprint density at radius 3 is 1.90 bits per heavy atom. The van der Waals surface area contributed by atoms with E-state index in [1.54, 1.807) is 0 Å². The summed E-state index contributed by atoms with van der Waals surface area (Å²) in [6, 6.07) is 55.6. The van der Waals surface area contributed by atoms with Gasteiger partial charge in [-0.15, -0.1) is 11.3 Å². The molecule has 0 saturated heterocycles. The number of phenolic OH excluding ortho intramolecular Hbond substituents is 1. The van der Waals surface area contributed by atoms with Gasteiger partial charge in [-0.05, 0) is 74.7 Å². The molecule has 0 amide bonds. The van der Waals surface area contributed by atoms with E-state index >= 15 is 0 Å². The Labute approximate surface area is 349 Å². The molecule has 0 radical (unpaired) electrons. The molecule has 0 spiro atoms. The number of hydrogen-bond acceptors (Lipinski definition) is 4. The van der Waals surface area contributed by atoms with Crippen molar-refractivity contribution >= 4 is 53.3 Å². The van der Waals surface area contributed by atoms with Gasteiger partial charge >= 0.3 is 0 Å². The van der Waals surface area contributed by atoms with Gasteiger partial charge in [0, 0.05) is 32.2 Å². The lowest BCUT2D eigenvalue weighted by molar-refractivity contribution is 0.475. The van der Waals surface area contributed by atoms with Crippen LogP contribution < -0.4 is 0 Å². The van der Waals surface area contributed by atoms with Crippen LogP contribution in [0.1, 0.15) is 52.7 Å². The topological polar surface area (TPSA) is 50.9 Å². The molecule has 5 heteroatoms. The van der Waals surface area contributed by atoms with Crippen molar-refractivity contribution in [2.24, 2.45) is 0 Å². The van der Waals surface area contributed by atoms with Crippen LogP contribution in [0.2, 0.25) is 0 Å². The molecule has 0 fully saturated rings. The molecule has 0 saturated carbocycles. The van der Waals surface area contributed by atoms with E-state index in [1.165, 1.54) is 36.5 Å². The van der Waals surface area contributed by atoms with Crippen molar-refractivity contribution in [2.75, 3.05) is 0 Å². The van der Waals surface area contributed by atoms with Crippen molar-refractivity contribution in [3.05, 3.63) is 169 Å². The summed E-state index contributed by atoms with van der Waals surface area (Å²) in [6.07, 6.45) is 0. The Morgan fingerprint density at radius 2 is 1.17 bits per heavy atom. The number of rotatable bonds is 5. The van der Waals surface area contributed by atoms with Gasteiger partial charge in [-0.25, -0.2) is 9.97 Å². The summed E-state index contributed by atoms with van der Waals surface area (Å²) in [5.41, 5.74) is 11.6. The third-order valence-corrected chi connectivity index (χ3v) is 12.9. The van der Waals surface area contributed by atoms with E-state index in [0.29, 0.717) is 11.4 Å². The highest BCUT2D eigenvalue weighted by molar-refractivity contribution is 7.27. The maximum atomic E-state index is 11.7. The predicted molar refractivity (Wildman–Crippen MR) is 250 cm³/mol. The normalized spacial score (nSPS) is 12.3. The lowest BCUT2D eigenvalue weighted by Crippen LogP contribution is -2.12. The van der Waals surface area contributed by atoms with Crippen LogP contribution in [-0.4, -0.2) is 19.6 Å². The van der Waals surface area contributed by atoms with Gasteiger partial charge in [-0.1, -0.05) is 163 Å². The molecule has 0 atom stereocenters. The first-order valence-corrected chi connectivity index (χ1v) is 21.1. The number of imidazole rings is 1. The second-order valence-electron chi connectivity index (χ2n) is 17.6. The van der Waals surface area contributed by atoms with E-state index in [1.807, 2.05) is 23.5 Å². The summed E-state index contributed by atoms with van der Waals surface area (Å²) in [5.74, 6) is 0.861. The number of para-hydroxylation sites is 1.